The molecule has 11 heteroatoms. The summed E-state index contributed by atoms with van der Waals surface area (Å²) in [6.07, 6.45) is 8.35. The molecular formula is C38H43N7O4. The second kappa shape index (κ2) is 15.0. The van der Waals surface area contributed by atoms with Gasteiger partial charge in [-0.05, 0) is 80.7 Å². The lowest BCUT2D eigenvalue weighted by molar-refractivity contribution is -0.111. The second-order valence-electron chi connectivity index (χ2n) is 12.6. The summed E-state index contributed by atoms with van der Waals surface area (Å²) in [5.41, 5.74) is 3.32. The normalized spacial score (nSPS) is 18.3. The van der Waals surface area contributed by atoms with Crippen LogP contribution in [0.2, 0.25) is 0 Å². The lowest BCUT2D eigenvalue weighted by Gasteiger charge is -2.38. The zero-order valence-corrected chi connectivity index (χ0v) is 27.9. The third-order valence-electron chi connectivity index (χ3n) is 9.49. The average Bonchev–Trinajstić information content (AvgIpc) is 3.86. The van der Waals surface area contributed by atoms with Gasteiger partial charge in [0, 0.05) is 37.7 Å². The number of carbonyl (C=O) groups excluding carboxylic acids is 1. The Morgan fingerprint density at radius 3 is 2.49 bits per heavy atom. The minimum Gasteiger partial charge on any atom is -0.494 e. The van der Waals surface area contributed by atoms with Crippen molar-refractivity contribution in [1.29, 1.82) is 0 Å². The molecule has 1 amide bonds. The highest BCUT2D eigenvalue weighted by Crippen LogP contribution is 2.41. The fourth-order valence-electron chi connectivity index (χ4n) is 7.04. The molecular weight excluding hydrogens is 618 g/mol. The van der Waals surface area contributed by atoms with E-state index >= 15 is 0 Å². The summed E-state index contributed by atoms with van der Waals surface area (Å²) in [5, 5.41) is 8.26. The minimum atomic E-state index is -0.274. The van der Waals surface area contributed by atoms with Crippen LogP contribution in [0, 0.1) is 0 Å². The number of carbonyl (C=O) groups is 1. The molecule has 0 unspecified atom stereocenters. The van der Waals surface area contributed by atoms with Crippen molar-refractivity contribution in [3.05, 3.63) is 97.3 Å². The SMILES string of the molecule is C=CC(=O)Nc1cc(Nc2cc(N3OCC[C@@H]3c3cccc(Oc4ccccc4)c3)ncn2)c(OC)cc1N1CCC(N2CCCC2)CC1. The molecule has 1 atom stereocenters. The van der Waals surface area contributed by atoms with Crippen molar-refractivity contribution >= 4 is 34.6 Å². The third kappa shape index (κ3) is 7.48. The molecule has 11 nitrogen and oxygen atoms in total. The first-order valence-electron chi connectivity index (χ1n) is 17.1. The number of anilines is 5. The van der Waals surface area contributed by atoms with Crippen molar-refractivity contribution in [3.8, 4) is 17.2 Å². The number of ether oxygens (including phenoxy) is 2. The Labute approximate surface area is 287 Å². The van der Waals surface area contributed by atoms with Crippen LogP contribution < -0.4 is 30.1 Å². The first-order valence-corrected chi connectivity index (χ1v) is 17.1. The van der Waals surface area contributed by atoms with Gasteiger partial charge in [-0.25, -0.2) is 15.0 Å². The summed E-state index contributed by atoms with van der Waals surface area (Å²) in [4.78, 5) is 32.7. The molecule has 0 bridgehead atoms. The number of amides is 1. The van der Waals surface area contributed by atoms with Crippen molar-refractivity contribution in [3.63, 3.8) is 0 Å². The van der Waals surface area contributed by atoms with E-state index in [0.717, 1.165) is 55.1 Å². The summed E-state index contributed by atoms with van der Waals surface area (Å²) in [6, 6.07) is 24.1. The number of para-hydroxylation sites is 1. The van der Waals surface area contributed by atoms with Gasteiger partial charge in [0.05, 0.1) is 36.8 Å². The van der Waals surface area contributed by atoms with Crippen LogP contribution in [0.3, 0.4) is 0 Å². The maximum Gasteiger partial charge on any atom is 0.247 e. The standard InChI is InChI=1S/C38H43N7O4/c1-3-38(46)42-31-23-32(35(47-2)24-34(31)44-19-14-28(15-20-44)43-17-7-8-18-43)41-36-25-37(40-26-39-36)45-33(16-21-48-45)27-10-9-13-30(22-27)49-29-11-5-4-6-12-29/h3-6,9-13,22-26,28,33H,1,7-8,14-21H2,2H3,(H,42,46)(H,39,40,41)/t33-/m1/s1. The van der Waals surface area contributed by atoms with Gasteiger partial charge in [-0.2, -0.15) is 0 Å². The van der Waals surface area contributed by atoms with Gasteiger partial charge in [-0.3, -0.25) is 9.63 Å². The van der Waals surface area contributed by atoms with Gasteiger partial charge in [0.15, 0.2) is 5.82 Å². The molecule has 4 heterocycles. The third-order valence-corrected chi connectivity index (χ3v) is 9.49. The zero-order valence-electron chi connectivity index (χ0n) is 27.9. The van der Waals surface area contributed by atoms with E-state index in [0.29, 0.717) is 41.4 Å². The molecule has 3 fully saturated rings. The molecule has 254 valence electrons. The van der Waals surface area contributed by atoms with Crippen LogP contribution in [-0.2, 0) is 9.63 Å². The summed E-state index contributed by atoms with van der Waals surface area (Å²) < 4.78 is 12.0. The van der Waals surface area contributed by atoms with Crippen molar-refractivity contribution in [2.45, 2.75) is 44.2 Å². The number of benzene rings is 3. The zero-order chi connectivity index (χ0) is 33.6. The number of methoxy groups -OCH3 is 1. The van der Waals surface area contributed by atoms with E-state index in [1.807, 2.05) is 71.8 Å². The summed E-state index contributed by atoms with van der Waals surface area (Å²) in [7, 11) is 1.65. The molecule has 1 aromatic heterocycles. The minimum absolute atomic E-state index is 0.0637. The monoisotopic (exact) mass is 661 g/mol. The lowest BCUT2D eigenvalue weighted by Crippen LogP contribution is -2.44. The molecule has 3 aliphatic rings. The van der Waals surface area contributed by atoms with Crippen LogP contribution in [-0.4, -0.2) is 66.7 Å². The Morgan fingerprint density at radius 2 is 1.71 bits per heavy atom. The number of nitrogens with zero attached hydrogens (tertiary/aromatic N) is 5. The van der Waals surface area contributed by atoms with E-state index in [1.165, 1.54) is 38.3 Å². The predicted octanol–water partition coefficient (Wildman–Crippen LogP) is 7.09. The maximum absolute atomic E-state index is 12.6. The molecule has 0 aliphatic carbocycles. The molecule has 3 aromatic carbocycles. The van der Waals surface area contributed by atoms with Crippen molar-refractivity contribution in [2.24, 2.45) is 0 Å². The van der Waals surface area contributed by atoms with Gasteiger partial charge < -0.3 is 29.9 Å². The molecule has 0 saturated carbocycles. The highest BCUT2D eigenvalue weighted by atomic mass is 16.7. The van der Waals surface area contributed by atoms with Gasteiger partial charge in [-0.15, -0.1) is 0 Å². The van der Waals surface area contributed by atoms with E-state index < -0.39 is 0 Å². The van der Waals surface area contributed by atoms with Crippen LogP contribution in [0.25, 0.3) is 0 Å². The summed E-state index contributed by atoms with van der Waals surface area (Å²) in [5.74, 6) is 3.07. The number of rotatable bonds is 11. The summed E-state index contributed by atoms with van der Waals surface area (Å²) >= 11 is 0. The first kappa shape index (κ1) is 32.4. The number of likely N-dealkylation sites (tertiary alicyclic amines) is 1. The summed E-state index contributed by atoms with van der Waals surface area (Å²) in [6.45, 7) is 8.43. The van der Waals surface area contributed by atoms with Gasteiger partial charge in [-0.1, -0.05) is 36.9 Å². The van der Waals surface area contributed by atoms with Crippen LogP contribution in [0.4, 0.5) is 28.7 Å². The number of hydrogen-bond acceptors (Lipinski definition) is 10. The van der Waals surface area contributed by atoms with Crippen LogP contribution in [0.1, 0.15) is 43.7 Å². The lowest BCUT2D eigenvalue weighted by atomic mass is 10.0. The van der Waals surface area contributed by atoms with Crippen molar-refractivity contribution < 1.29 is 19.1 Å². The van der Waals surface area contributed by atoms with Gasteiger partial charge in [0.2, 0.25) is 5.91 Å². The molecule has 7 rings (SSSR count). The van der Waals surface area contributed by atoms with Crippen molar-refractivity contribution in [1.82, 2.24) is 14.9 Å². The van der Waals surface area contributed by atoms with E-state index in [4.69, 9.17) is 14.3 Å². The van der Waals surface area contributed by atoms with E-state index in [2.05, 4.69) is 43.0 Å². The second-order valence-corrected chi connectivity index (χ2v) is 12.6. The fourth-order valence-corrected chi connectivity index (χ4v) is 7.04. The van der Waals surface area contributed by atoms with Crippen LogP contribution >= 0.6 is 0 Å². The Kier molecular flexibility index (Phi) is 9.90. The quantitative estimate of drug-likeness (QED) is 0.162. The van der Waals surface area contributed by atoms with Crippen LogP contribution in [0.15, 0.2) is 91.8 Å². The van der Waals surface area contributed by atoms with Gasteiger partial charge >= 0.3 is 0 Å². The Balaban J connectivity index is 1.11. The van der Waals surface area contributed by atoms with Gasteiger partial charge in [0.25, 0.3) is 0 Å². The van der Waals surface area contributed by atoms with Crippen LogP contribution in [0.5, 0.6) is 17.2 Å². The molecule has 3 aliphatic heterocycles. The smallest absolute Gasteiger partial charge is 0.247 e. The molecule has 2 N–H and O–H groups in total. The van der Waals surface area contributed by atoms with E-state index in [9.17, 15) is 4.79 Å². The van der Waals surface area contributed by atoms with Crippen molar-refractivity contribution in [2.75, 3.05) is 60.5 Å². The number of piperidine rings is 1. The number of hydrogen-bond donors (Lipinski definition) is 2. The molecule has 0 spiro atoms. The first-order chi connectivity index (χ1) is 24.1. The topological polar surface area (TPSA) is 104 Å². The number of nitrogens with one attached hydrogen (secondary N) is 2. The molecule has 3 saturated heterocycles. The molecule has 0 radical (unpaired) electrons. The number of hydroxylamine groups is 1. The Hall–Kier alpha value is -5.13. The maximum atomic E-state index is 12.6. The predicted molar refractivity (Wildman–Crippen MR) is 192 cm³/mol. The largest absolute Gasteiger partial charge is 0.494 e. The highest BCUT2D eigenvalue weighted by Gasteiger charge is 2.31. The van der Waals surface area contributed by atoms with E-state index in [-0.39, 0.29) is 11.9 Å². The molecule has 49 heavy (non-hydrogen) atoms. The average molecular weight is 662 g/mol. The number of aromatic nitrogens is 2. The van der Waals surface area contributed by atoms with Gasteiger partial charge in [0.1, 0.15) is 29.4 Å². The molecule has 4 aromatic rings. The highest BCUT2D eigenvalue weighted by molar-refractivity contribution is 6.02. The Morgan fingerprint density at radius 1 is 0.918 bits per heavy atom. The van der Waals surface area contributed by atoms with E-state index in [1.54, 1.807) is 7.11 Å². The fraction of sp³-hybridized carbons (Fsp3) is 0.342. The Bertz CT molecular complexity index is 1760.